The third kappa shape index (κ3) is 17.9. The van der Waals surface area contributed by atoms with E-state index in [-0.39, 0.29) is 60.9 Å². The SMILES string of the molecule is CCC(C)(C)C(=O)C(=O)N1CCCCC1C(=O)O[C@H](CCc1ccc(OC)c(OC)c1)c1ccc(NC(=O)CCC(=O)NCCCOCCOCCOCCCNC(=O)COc2cccc3c2C(=O)N(C2CCC(=O)NC2=O)C3=O)cc1. The Balaban J connectivity index is 0.810. The van der Waals surface area contributed by atoms with Crippen LogP contribution < -0.4 is 35.5 Å². The molecule has 0 bridgehead atoms. The number of methoxy groups -OCH3 is 2. The zero-order chi connectivity index (χ0) is 59.2. The Bertz CT molecular complexity index is 2770. The van der Waals surface area contributed by atoms with Gasteiger partial charge >= 0.3 is 5.97 Å². The van der Waals surface area contributed by atoms with Crippen LogP contribution in [0.5, 0.6) is 17.2 Å². The number of rotatable bonds is 33. The van der Waals surface area contributed by atoms with Gasteiger partial charge in [0.05, 0.1) is 51.8 Å². The Morgan fingerprint density at radius 2 is 1.39 bits per heavy atom. The van der Waals surface area contributed by atoms with Crippen LogP contribution in [0.4, 0.5) is 5.69 Å². The van der Waals surface area contributed by atoms with E-state index in [1.807, 2.05) is 19.1 Å². The Hall–Kier alpha value is -7.76. The molecular formula is C59H76N6O17. The highest BCUT2D eigenvalue weighted by Crippen LogP contribution is 2.35. The normalized spacial score (nSPS) is 16.4. The van der Waals surface area contributed by atoms with Gasteiger partial charge < -0.3 is 54.0 Å². The van der Waals surface area contributed by atoms with Gasteiger partial charge in [0, 0.05) is 63.2 Å². The van der Waals surface area contributed by atoms with Crippen molar-refractivity contribution in [3.8, 4) is 17.2 Å². The van der Waals surface area contributed by atoms with Gasteiger partial charge in [0.15, 0.2) is 18.1 Å². The molecule has 82 heavy (non-hydrogen) atoms. The predicted molar refractivity (Wildman–Crippen MR) is 296 cm³/mol. The number of nitrogens with zero attached hydrogens (tertiary/aromatic N) is 2. The number of esters is 1. The molecule has 2 unspecified atom stereocenters. The summed E-state index contributed by atoms with van der Waals surface area (Å²) in [5.41, 5.74) is 1.19. The van der Waals surface area contributed by atoms with Crippen molar-refractivity contribution in [3.05, 3.63) is 82.9 Å². The van der Waals surface area contributed by atoms with Crippen LogP contribution in [0.1, 0.15) is 129 Å². The van der Waals surface area contributed by atoms with Gasteiger partial charge in [-0.25, -0.2) is 4.79 Å². The number of imide groups is 2. The number of amides is 8. The molecule has 23 heteroatoms. The van der Waals surface area contributed by atoms with Crippen LogP contribution in [0.15, 0.2) is 60.7 Å². The fourth-order valence-electron chi connectivity index (χ4n) is 9.31. The molecular weight excluding hydrogens is 1060 g/mol. The van der Waals surface area contributed by atoms with Gasteiger partial charge in [0.1, 0.15) is 23.9 Å². The van der Waals surface area contributed by atoms with Gasteiger partial charge in [-0.3, -0.25) is 53.4 Å². The summed E-state index contributed by atoms with van der Waals surface area (Å²) in [7, 11) is 3.10. The van der Waals surface area contributed by atoms with Crippen molar-refractivity contribution < 1.29 is 81.1 Å². The van der Waals surface area contributed by atoms with Crippen molar-refractivity contribution in [3.63, 3.8) is 0 Å². The van der Waals surface area contributed by atoms with E-state index >= 15 is 0 Å². The van der Waals surface area contributed by atoms with Gasteiger partial charge in [0.2, 0.25) is 29.4 Å². The van der Waals surface area contributed by atoms with E-state index in [1.165, 1.54) is 23.1 Å². The Morgan fingerprint density at radius 1 is 0.732 bits per heavy atom. The number of carbonyl (C=O) groups is 10. The van der Waals surface area contributed by atoms with Crippen molar-refractivity contribution in [2.75, 3.05) is 85.4 Å². The maximum Gasteiger partial charge on any atom is 0.329 e. The van der Waals surface area contributed by atoms with Crippen LogP contribution in [-0.4, -0.2) is 161 Å². The lowest BCUT2D eigenvalue weighted by Crippen LogP contribution is -2.54. The number of nitrogens with one attached hydrogen (secondary N) is 4. The van der Waals surface area contributed by atoms with Crippen molar-refractivity contribution in [2.45, 2.75) is 116 Å². The molecule has 0 saturated carbocycles. The van der Waals surface area contributed by atoms with Crippen LogP contribution in [-0.2, 0) is 63.7 Å². The van der Waals surface area contributed by atoms with E-state index < -0.39 is 77.4 Å². The molecule has 23 nitrogen and oxygen atoms in total. The first-order valence-electron chi connectivity index (χ1n) is 27.9. The average Bonchev–Trinajstić information content (AvgIpc) is 2.98. The van der Waals surface area contributed by atoms with Crippen molar-refractivity contribution in [2.24, 2.45) is 5.41 Å². The molecule has 3 aliphatic heterocycles. The summed E-state index contributed by atoms with van der Waals surface area (Å²) in [6.45, 7) is 7.88. The smallest absolute Gasteiger partial charge is 0.329 e. The fraction of sp³-hybridized carbons (Fsp3) is 0.525. The highest BCUT2D eigenvalue weighted by molar-refractivity contribution is 6.38. The Kier molecular flexibility index (Phi) is 24.3. The van der Waals surface area contributed by atoms with Crippen molar-refractivity contribution >= 4 is 64.7 Å². The lowest BCUT2D eigenvalue weighted by atomic mass is 9.84. The van der Waals surface area contributed by atoms with E-state index in [0.717, 1.165) is 10.5 Å². The summed E-state index contributed by atoms with van der Waals surface area (Å²) in [6.07, 6.45) is 3.33. The summed E-state index contributed by atoms with van der Waals surface area (Å²) in [5.74, 6) is -4.34. The molecule has 4 N–H and O–H groups in total. The maximum atomic E-state index is 14.0. The zero-order valence-corrected chi connectivity index (χ0v) is 47.4. The number of ketones is 1. The van der Waals surface area contributed by atoms with Crippen LogP contribution >= 0.6 is 0 Å². The predicted octanol–water partition coefficient (Wildman–Crippen LogP) is 4.57. The third-order valence-corrected chi connectivity index (χ3v) is 14.4. The highest BCUT2D eigenvalue weighted by atomic mass is 16.6. The molecule has 6 rings (SSSR count). The molecule has 3 aromatic rings. The van der Waals surface area contributed by atoms with Gasteiger partial charge in [0.25, 0.3) is 23.6 Å². The molecule has 444 valence electrons. The second-order valence-electron chi connectivity index (χ2n) is 20.6. The molecule has 0 spiro atoms. The minimum atomic E-state index is -1.12. The lowest BCUT2D eigenvalue weighted by Gasteiger charge is -2.36. The molecule has 2 saturated heterocycles. The number of aryl methyl sites for hydroxylation is 1. The number of hydrogen-bond acceptors (Lipinski definition) is 17. The summed E-state index contributed by atoms with van der Waals surface area (Å²) < 4.78 is 39.4. The van der Waals surface area contributed by atoms with Crippen LogP contribution in [0.2, 0.25) is 0 Å². The standard InChI is InChI=1S/C59H76N6O17/c1-6-59(2,3)53(70)57(74)64-29-8-7-13-43(64)58(75)82-44(22-15-38-16-23-45(76-4)47(36-38)77-5)39-17-19-40(20-18-39)62-49(67)26-25-48(66)60-27-10-30-78-32-34-80-35-33-79-31-11-28-61-51(69)37-81-46-14-9-12-41-52(46)56(73)65(55(41)72)42-21-24-50(68)63-54(42)71/h9,12,14,16-20,23,36,42-44H,6-8,10-11,13,15,21-22,24-35,37H2,1-5H3,(H,60,66)(H,61,69)(H,62,67)(H,63,68,71)/t42?,43?,44-/m1/s1. The first kappa shape index (κ1) is 63.4. The summed E-state index contributed by atoms with van der Waals surface area (Å²) >= 11 is 0. The zero-order valence-electron chi connectivity index (χ0n) is 47.4. The molecule has 0 aromatic heterocycles. The van der Waals surface area contributed by atoms with E-state index in [1.54, 1.807) is 58.4 Å². The number of piperidine rings is 2. The number of fused-ring (bicyclic) bond motifs is 1. The number of hydrogen-bond donors (Lipinski definition) is 4. The lowest BCUT2D eigenvalue weighted by molar-refractivity contribution is -0.164. The molecule has 8 amide bonds. The first-order valence-corrected chi connectivity index (χ1v) is 27.9. The largest absolute Gasteiger partial charge is 0.493 e. The second kappa shape index (κ2) is 31.5. The topological polar surface area (TPSA) is 290 Å². The summed E-state index contributed by atoms with van der Waals surface area (Å²) in [5, 5.41) is 10.5. The highest BCUT2D eigenvalue weighted by Gasteiger charge is 2.46. The molecule has 3 heterocycles. The number of carbonyl (C=O) groups excluding carboxylic acids is 10. The van der Waals surface area contributed by atoms with Crippen LogP contribution in [0.25, 0.3) is 0 Å². The van der Waals surface area contributed by atoms with E-state index in [0.29, 0.717) is 127 Å². The quantitative estimate of drug-likeness (QED) is 0.0281. The number of Topliss-reactive ketones (excluding diaryl/α,β-unsaturated/α-hetero) is 1. The van der Waals surface area contributed by atoms with Crippen LogP contribution in [0.3, 0.4) is 0 Å². The molecule has 0 aliphatic carbocycles. The van der Waals surface area contributed by atoms with Crippen molar-refractivity contribution in [1.82, 2.24) is 25.8 Å². The van der Waals surface area contributed by atoms with E-state index in [4.69, 9.17) is 33.2 Å². The second-order valence-corrected chi connectivity index (χ2v) is 20.6. The number of ether oxygens (including phenoxy) is 7. The number of anilines is 1. The number of likely N-dealkylation sites (tertiary alicyclic amines) is 1. The summed E-state index contributed by atoms with van der Waals surface area (Å²) in [4.78, 5) is 131. The minimum absolute atomic E-state index is 0.00664. The van der Waals surface area contributed by atoms with Gasteiger partial charge in [-0.2, -0.15) is 0 Å². The first-order chi connectivity index (χ1) is 39.5. The molecule has 0 radical (unpaired) electrons. The molecule has 3 atom stereocenters. The van der Waals surface area contributed by atoms with E-state index in [2.05, 4.69) is 21.3 Å². The van der Waals surface area contributed by atoms with Gasteiger partial charge in [-0.15, -0.1) is 0 Å². The van der Waals surface area contributed by atoms with Crippen LogP contribution in [0, 0.1) is 5.41 Å². The minimum Gasteiger partial charge on any atom is -0.493 e. The summed E-state index contributed by atoms with van der Waals surface area (Å²) in [6, 6.07) is 14.8. The third-order valence-electron chi connectivity index (χ3n) is 14.4. The van der Waals surface area contributed by atoms with Crippen molar-refractivity contribution in [1.29, 1.82) is 0 Å². The Morgan fingerprint density at radius 3 is 2.05 bits per heavy atom. The molecule has 3 aromatic carbocycles. The number of benzene rings is 3. The van der Waals surface area contributed by atoms with E-state index in [9.17, 15) is 47.9 Å². The average molecular weight is 1140 g/mol. The molecule has 2 fully saturated rings. The maximum absolute atomic E-state index is 14.0. The fourth-order valence-corrected chi connectivity index (χ4v) is 9.31. The van der Waals surface area contributed by atoms with Gasteiger partial charge in [-0.05, 0) is 105 Å². The molecule has 3 aliphatic rings. The monoisotopic (exact) mass is 1140 g/mol. The Labute approximate surface area is 477 Å². The van der Waals surface area contributed by atoms with Gasteiger partial charge in [-0.1, -0.05) is 45.0 Å².